The predicted octanol–water partition coefficient (Wildman–Crippen LogP) is 2.09. The van der Waals surface area contributed by atoms with Crippen LogP contribution in [0.2, 0.25) is 0 Å². The summed E-state index contributed by atoms with van der Waals surface area (Å²) in [6.45, 7) is 7.91. The summed E-state index contributed by atoms with van der Waals surface area (Å²) in [5.74, 6) is 0.873. The molecule has 0 bridgehead atoms. The van der Waals surface area contributed by atoms with Gasteiger partial charge in [0.1, 0.15) is 0 Å². The lowest BCUT2D eigenvalue weighted by atomic mass is 9.91. The van der Waals surface area contributed by atoms with Crippen LogP contribution in [0.5, 0.6) is 0 Å². The number of aromatic nitrogens is 2. The maximum absolute atomic E-state index is 12.5. The van der Waals surface area contributed by atoms with Gasteiger partial charge in [0.25, 0.3) is 0 Å². The molecule has 1 aliphatic rings. The molecule has 120 valence electrons. The van der Waals surface area contributed by atoms with Crippen molar-refractivity contribution in [1.29, 1.82) is 0 Å². The lowest BCUT2D eigenvalue weighted by Crippen LogP contribution is -2.51. The normalized spacial score (nSPS) is 25.0. The number of carbonyl (C=O) groups is 1. The minimum Gasteiger partial charge on any atom is -0.339 e. The van der Waals surface area contributed by atoms with Crippen molar-refractivity contribution in [2.45, 2.75) is 45.7 Å². The molecule has 0 radical (unpaired) electrons. The molecule has 1 aromatic heterocycles. The van der Waals surface area contributed by atoms with Crippen LogP contribution in [0.3, 0.4) is 0 Å². The molecular formula is C15H27ClN4O. The Hall–Kier alpha value is -1.07. The third kappa shape index (κ3) is 3.98. The molecule has 6 heteroatoms. The van der Waals surface area contributed by atoms with Crippen LogP contribution in [0.4, 0.5) is 0 Å². The summed E-state index contributed by atoms with van der Waals surface area (Å²) in [7, 11) is 0. The number of likely N-dealkylation sites (tertiary alicyclic amines) is 1. The van der Waals surface area contributed by atoms with Crippen LogP contribution in [0.15, 0.2) is 18.7 Å². The van der Waals surface area contributed by atoms with Crippen molar-refractivity contribution >= 4 is 18.3 Å². The second kappa shape index (κ2) is 7.80. The van der Waals surface area contributed by atoms with Crippen molar-refractivity contribution in [1.82, 2.24) is 14.5 Å². The zero-order chi connectivity index (χ0) is 14.7. The van der Waals surface area contributed by atoms with E-state index in [9.17, 15) is 4.79 Å². The molecule has 5 nitrogen and oxygen atoms in total. The Morgan fingerprint density at radius 2 is 2.24 bits per heavy atom. The summed E-state index contributed by atoms with van der Waals surface area (Å²) in [5, 5.41) is 0. The van der Waals surface area contributed by atoms with Crippen LogP contribution in [0.25, 0.3) is 0 Å². The number of imidazole rings is 1. The first-order valence-corrected chi connectivity index (χ1v) is 7.56. The Morgan fingerprint density at radius 3 is 2.81 bits per heavy atom. The highest BCUT2D eigenvalue weighted by atomic mass is 35.5. The molecule has 21 heavy (non-hydrogen) atoms. The minimum absolute atomic E-state index is 0. The third-order valence-corrected chi connectivity index (χ3v) is 4.68. The topological polar surface area (TPSA) is 64.2 Å². The van der Waals surface area contributed by atoms with Crippen LogP contribution in [0, 0.1) is 11.8 Å². The van der Waals surface area contributed by atoms with E-state index in [0.717, 1.165) is 25.9 Å². The smallest absolute Gasteiger partial charge is 0.239 e. The van der Waals surface area contributed by atoms with Gasteiger partial charge in [-0.05, 0) is 18.3 Å². The average Bonchev–Trinajstić information content (AvgIpc) is 2.99. The average molecular weight is 315 g/mol. The first-order chi connectivity index (χ1) is 9.54. The highest BCUT2D eigenvalue weighted by molar-refractivity contribution is 5.85. The number of carbonyl (C=O) groups excluding carboxylic acids is 1. The van der Waals surface area contributed by atoms with E-state index in [-0.39, 0.29) is 30.3 Å². The Morgan fingerprint density at radius 1 is 1.52 bits per heavy atom. The van der Waals surface area contributed by atoms with Gasteiger partial charge in [0.05, 0.1) is 18.4 Å². The second-order valence-corrected chi connectivity index (χ2v) is 6.04. The van der Waals surface area contributed by atoms with E-state index < -0.39 is 0 Å². The minimum atomic E-state index is -0.378. The van der Waals surface area contributed by atoms with E-state index >= 15 is 0 Å². The molecule has 2 heterocycles. The molecule has 1 amide bonds. The fourth-order valence-corrected chi connectivity index (χ4v) is 2.81. The summed E-state index contributed by atoms with van der Waals surface area (Å²) >= 11 is 0. The number of nitrogens with zero attached hydrogens (tertiary/aromatic N) is 3. The largest absolute Gasteiger partial charge is 0.339 e. The first-order valence-electron chi connectivity index (χ1n) is 7.56. The number of piperidine rings is 1. The van der Waals surface area contributed by atoms with Crippen molar-refractivity contribution < 1.29 is 4.79 Å². The zero-order valence-corrected chi connectivity index (χ0v) is 13.9. The van der Waals surface area contributed by atoms with Crippen molar-refractivity contribution in [2.24, 2.45) is 17.6 Å². The Balaban J connectivity index is 0.00000220. The highest BCUT2D eigenvalue weighted by Gasteiger charge is 2.32. The third-order valence-electron chi connectivity index (χ3n) is 4.68. The summed E-state index contributed by atoms with van der Waals surface area (Å²) < 4.78 is 2.11. The van der Waals surface area contributed by atoms with E-state index in [1.807, 2.05) is 24.3 Å². The van der Waals surface area contributed by atoms with Crippen LogP contribution in [-0.4, -0.2) is 39.5 Å². The van der Waals surface area contributed by atoms with Crippen molar-refractivity contribution in [2.75, 3.05) is 13.1 Å². The lowest BCUT2D eigenvalue weighted by molar-refractivity contribution is -0.136. The molecule has 1 aromatic rings. The second-order valence-electron chi connectivity index (χ2n) is 6.04. The fourth-order valence-electron chi connectivity index (χ4n) is 2.81. The Bertz CT molecular complexity index is 437. The SMILES string of the molecule is CCC(C)C(N)C(=O)N1CCC(C)C(n2ccnc2)C1.Cl. The molecule has 2 rings (SSSR count). The van der Waals surface area contributed by atoms with Crippen LogP contribution in [0.1, 0.15) is 39.7 Å². The van der Waals surface area contributed by atoms with Gasteiger partial charge < -0.3 is 15.2 Å². The van der Waals surface area contributed by atoms with E-state index in [1.165, 1.54) is 0 Å². The molecule has 1 fully saturated rings. The zero-order valence-electron chi connectivity index (χ0n) is 13.1. The number of hydrogen-bond acceptors (Lipinski definition) is 3. The first kappa shape index (κ1) is 18.0. The van der Waals surface area contributed by atoms with Gasteiger partial charge in [-0.1, -0.05) is 27.2 Å². The monoisotopic (exact) mass is 314 g/mol. The van der Waals surface area contributed by atoms with E-state index in [2.05, 4.69) is 23.4 Å². The van der Waals surface area contributed by atoms with Gasteiger partial charge in [0, 0.05) is 25.5 Å². The lowest BCUT2D eigenvalue weighted by Gasteiger charge is -2.39. The van der Waals surface area contributed by atoms with Gasteiger partial charge in [-0.3, -0.25) is 4.79 Å². The summed E-state index contributed by atoms with van der Waals surface area (Å²) in [4.78, 5) is 18.5. The van der Waals surface area contributed by atoms with Gasteiger partial charge >= 0.3 is 0 Å². The molecule has 1 aliphatic heterocycles. The standard InChI is InChI=1S/C15H26N4O.ClH/c1-4-11(2)14(16)15(20)18-7-5-12(3)13(9-18)19-8-6-17-10-19;/h6,8,10-14H,4-5,7,9,16H2,1-3H3;1H. The number of rotatable bonds is 4. The molecule has 2 N–H and O–H groups in total. The van der Waals surface area contributed by atoms with Gasteiger partial charge in [0.2, 0.25) is 5.91 Å². The quantitative estimate of drug-likeness (QED) is 0.925. The Labute approximate surface area is 133 Å². The fraction of sp³-hybridized carbons (Fsp3) is 0.733. The van der Waals surface area contributed by atoms with Crippen LogP contribution >= 0.6 is 12.4 Å². The van der Waals surface area contributed by atoms with Gasteiger partial charge in [-0.2, -0.15) is 0 Å². The number of hydrogen-bond donors (Lipinski definition) is 1. The van der Waals surface area contributed by atoms with Crippen molar-refractivity contribution in [3.63, 3.8) is 0 Å². The molecule has 0 saturated carbocycles. The van der Waals surface area contributed by atoms with E-state index in [4.69, 9.17) is 5.73 Å². The summed E-state index contributed by atoms with van der Waals surface area (Å²) in [6, 6.07) is -0.0730. The van der Waals surface area contributed by atoms with Crippen LogP contribution in [-0.2, 0) is 4.79 Å². The summed E-state index contributed by atoms with van der Waals surface area (Å²) in [5.41, 5.74) is 6.09. The van der Waals surface area contributed by atoms with Gasteiger partial charge in [0.15, 0.2) is 0 Å². The van der Waals surface area contributed by atoms with Gasteiger partial charge in [-0.15, -0.1) is 12.4 Å². The molecular weight excluding hydrogens is 288 g/mol. The molecule has 4 unspecified atom stereocenters. The molecule has 0 spiro atoms. The number of amides is 1. The summed E-state index contributed by atoms with van der Waals surface area (Å²) in [6.07, 6.45) is 7.55. The molecule has 1 saturated heterocycles. The number of nitrogens with two attached hydrogens (primary N) is 1. The van der Waals surface area contributed by atoms with E-state index in [1.54, 1.807) is 6.20 Å². The Kier molecular flexibility index (Phi) is 6.68. The highest BCUT2D eigenvalue weighted by Crippen LogP contribution is 2.28. The van der Waals surface area contributed by atoms with Crippen LogP contribution < -0.4 is 5.73 Å². The maximum atomic E-state index is 12.5. The van der Waals surface area contributed by atoms with Gasteiger partial charge in [-0.25, -0.2) is 4.98 Å². The number of halogens is 1. The predicted molar refractivity (Wildman–Crippen MR) is 86.3 cm³/mol. The molecule has 4 atom stereocenters. The maximum Gasteiger partial charge on any atom is 0.239 e. The van der Waals surface area contributed by atoms with Crippen molar-refractivity contribution in [3.8, 4) is 0 Å². The van der Waals surface area contributed by atoms with E-state index in [0.29, 0.717) is 12.0 Å². The molecule has 0 aliphatic carbocycles. The van der Waals surface area contributed by atoms with Crippen molar-refractivity contribution in [3.05, 3.63) is 18.7 Å². The molecule has 0 aromatic carbocycles.